The molecule has 2 saturated heterocycles. The zero-order valence-corrected chi connectivity index (χ0v) is 32.2. The van der Waals surface area contributed by atoms with Crippen molar-refractivity contribution in [3.05, 3.63) is 58.3 Å². The lowest BCUT2D eigenvalue weighted by Gasteiger charge is -2.42. The number of rotatable bonds is 8. The summed E-state index contributed by atoms with van der Waals surface area (Å²) in [5.41, 5.74) is -0.360. The molecule has 2 fully saturated rings. The van der Waals surface area contributed by atoms with E-state index in [0.29, 0.717) is 51.5 Å². The van der Waals surface area contributed by atoms with Crippen LogP contribution in [0.4, 0.5) is 9.59 Å². The van der Waals surface area contributed by atoms with Gasteiger partial charge in [-0.05, 0) is 90.7 Å². The first-order valence-electron chi connectivity index (χ1n) is 18.2. The monoisotopic (exact) mass is 738 g/mol. The number of alkyl carbamates (subject to hydrolysis) is 1. The van der Waals surface area contributed by atoms with E-state index in [1.165, 1.54) is 11.3 Å². The molecule has 0 bridgehead atoms. The van der Waals surface area contributed by atoms with E-state index in [1.54, 1.807) is 30.6 Å². The molecule has 1 aromatic carbocycles. The minimum atomic E-state index is -0.949. The van der Waals surface area contributed by atoms with Crippen molar-refractivity contribution in [3.63, 3.8) is 0 Å². The van der Waals surface area contributed by atoms with E-state index in [-0.39, 0.29) is 49.1 Å². The second kappa shape index (κ2) is 16.6. The molecule has 4 atom stereocenters. The highest BCUT2D eigenvalue weighted by molar-refractivity contribution is 7.09. The van der Waals surface area contributed by atoms with E-state index >= 15 is 0 Å². The third-order valence-electron chi connectivity index (χ3n) is 9.19. The molecule has 4 amide bonds. The molecule has 2 aromatic rings. The van der Waals surface area contributed by atoms with E-state index in [2.05, 4.69) is 10.6 Å². The quantitative estimate of drug-likeness (QED) is 0.371. The van der Waals surface area contributed by atoms with E-state index in [9.17, 15) is 19.2 Å². The molecular weight excluding hydrogens is 685 g/mol. The molecule has 1 aromatic heterocycles. The first-order chi connectivity index (χ1) is 24.6. The number of carbonyl (C=O) groups is 4. The van der Waals surface area contributed by atoms with E-state index in [0.717, 1.165) is 10.4 Å². The molecule has 0 saturated carbocycles. The fourth-order valence-corrected chi connectivity index (χ4v) is 7.31. The van der Waals surface area contributed by atoms with Crippen molar-refractivity contribution in [1.29, 1.82) is 0 Å². The number of nitrogens with zero attached hydrogens (tertiary/aromatic N) is 4. The molecule has 0 spiro atoms. The van der Waals surface area contributed by atoms with E-state index in [4.69, 9.17) is 19.2 Å². The molecule has 52 heavy (non-hydrogen) atoms. The van der Waals surface area contributed by atoms with E-state index < -0.39 is 29.4 Å². The number of likely N-dealkylation sites (tertiary alicyclic amines) is 1. The van der Waals surface area contributed by atoms with Crippen molar-refractivity contribution in [1.82, 2.24) is 25.3 Å². The lowest BCUT2D eigenvalue weighted by molar-refractivity contribution is -0.145. The number of piperazine rings is 1. The van der Waals surface area contributed by atoms with Crippen molar-refractivity contribution in [2.75, 3.05) is 32.7 Å². The lowest BCUT2D eigenvalue weighted by Crippen LogP contribution is -2.64. The van der Waals surface area contributed by atoms with Crippen LogP contribution in [0.2, 0.25) is 0 Å². The predicted molar refractivity (Wildman–Crippen MR) is 199 cm³/mol. The number of nitrogens with one attached hydrogen (secondary N) is 2. The van der Waals surface area contributed by atoms with Crippen LogP contribution in [-0.2, 0) is 30.3 Å². The number of aliphatic imine (C=N–C) groups is 1. The first kappa shape index (κ1) is 38.9. The number of ether oxygens (including phenoxy) is 3. The molecule has 0 aliphatic carbocycles. The van der Waals surface area contributed by atoms with Crippen LogP contribution in [0.1, 0.15) is 84.3 Å². The Balaban J connectivity index is 1.33. The fourth-order valence-electron chi connectivity index (χ4n) is 6.66. The molecule has 3 aliphatic heterocycles. The Hall–Kier alpha value is -4.33. The summed E-state index contributed by atoms with van der Waals surface area (Å²) in [7, 11) is 0. The average molecular weight is 739 g/mol. The highest BCUT2D eigenvalue weighted by Crippen LogP contribution is 2.31. The van der Waals surface area contributed by atoms with Gasteiger partial charge in [0.15, 0.2) is 0 Å². The van der Waals surface area contributed by atoms with Crippen LogP contribution in [0.25, 0.3) is 0 Å². The van der Waals surface area contributed by atoms with Gasteiger partial charge in [0.2, 0.25) is 11.8 Å². The van der Waals surface area contributed by atoms with Gasteiger partial charge in [0.25, 0.3) is 6.02 Å². The molecule has 2 unspecified atom stereocenters. The van der Waals surface area contributed by atoms with Crippen molar-refractivity contribution >= 4 is 41.4 Å². The third kappa shape index (κ3) is 10.6. The summed E-state index contributed by atoms with van der Waals surface area (Å²) in [5, 5.41) is 7.82. The van der Waals surface area contributed by atoms with Crippen LogP contribution in [-0.4, -0.2) is 107 Å². The van der Waals surface area contributed by atoms with Gasteiger partial charge >= 0.3 is 12.2 Å². The number of thiophene rings is 1. The smallest absolute Gasteiger partial charge is 0.410 e. The minimum Gasteiger partial charge on any atom is -0.455 e. The Bertz CT molecular complexity index is 1560. The second-order valence-electron chi connectivity index (χ2n) is 15.7. The standard InChI is InChI=1S/C38H54N6O7S/c1-25-31(27-12-9-8-10-13-27)49-34(40-25)43-19-20-44(30(24-43)32(45)39-23-28-14-11-21-52-28)33(46)29(41-35(47)50-37(2,3)4)22-26-15-17-42(18-16-26)36(48)51-38(5,6)7/h8-14,21,25-26,29-31H,15-20,22-24H2,1-7H3,(H,39,45)(H,41,47)/t25-,29?,30?,31+/m0/s1. The predicted octanol–water partition coefficient (Wildman–Crippen LogP) is 5.32. The van der Waals surface area contributed by atoms with Gasteiger partial charge in [-0.25, -0.2) is 14.6 Å². The first-order valence-corrected chi connectivity index (χ1v) is 19.1. The number of hydrogen-bond acceptors (Lipinski definition) is 10. The minimum absolute atomic E-state index is 0.0348. The number of carbonyl (C=O) groups excluding carboxylic acids is 4. The summed E-state index contributed by atoms with van der Waals surface area (Å²) >= 11 is 1.54. The third-order valence-corrected chi connectivity index (χ3v) is 10.1. The van der Waals surface area contributed by atoms with Crippen LogP contribution in [0.3, 0.4) is 0 Å². The normalized spacial score (nSPS) is 21.9. The Kier molecular flexibility index (Phi) is 12.4. The maximum Gasteiger partial charge on any atom is 0.410 e. The summed E-state index contributed by atoms with van der Waals surface area (Å²) in [6.07, 6.45) is 0.274. The fraction of sp³-hybridized carbons (Fsp3) is 0.605. The highest BCUT2D eigenvalue weighted by atomic mass is 32.1. The average Bonchev–Trinajstić information content (AvgIpc) is 3.75. The summed E-state index contributed by atoms with van der Waals surface area (Å²) in [4.78, 5) is 65.4. The summed E-state index contributed by atoms with van der Waals surface area (Å²) in [6.45, 7) is 14.9. The van der Waals surface area contributed by atoms with Crippen LogP contribution < -0.4 is 10.6 Å². The van der Waals surface area contributed by atoms with Crippen LogP contribution in [0, 0.1) is 5.92 Å². The molecule has 0 radical (unpaired) electrons. The highest BCUT2D eigenvalue weighted by Gasteiger charge is 2.43. The molecule has 3 aliphatic rings. The van der Waals surface area contributed by atoms with Gasteiger partial charge in [0.1, 0.15) is 29.4 Å². The Morgan fingerprint density at radius 1 is 0.942 bits per heavy atom. The lowest BCUT2D eigenvalue weighted by atomic mass is 9.89. The number of hydrogen-bond donors (Lipinski definition) is 2. The van der Waals surface area contributed by atoms with Crippen molar-refractivity contribution in [2.24, 2.45) is 10.9 Å². The molecule has 13 nitrogen and oxygen atoms in total. The topological polar surface area (TPSA) is 142 Å². The van der Waals surface area contributed by atoms with Crippen molar-refractivity contribution < 1.29 is 33.4 Å². The van der Waals surface area contributed by atoms with Gasteiger partial charge in [0.05, 0.1) is 19.1 Å². The molecular formula is C38H54N6O7S. The van der Waals surface area contributed by atoms with Gasteiger partial charge in [-0.3, -0.25) is 9.59 Å². The van der Waals surface area contributed by atoms with Gasteiger partial charge in [-0.15, -0.1) is 11.3 Å². The number of amidine groups is 1. The maximum atomic E-state index is 14.6. The molecule has 4 heterocycles. The van der Waals surface area contributed by atoms with Gasteiger partial charge in [-0.2, -0.15) is 0 Å². The number of benzene rings is 1. The van der Waals surface area contributed by atoms with Crippen LogP contribution in [0.5, 0.6) is 0 Å². The number of amides is 4. The van der Waals surface area contributed by atoms with Gasteiger partial charge in [0, 0.05) is 31.1 Å². The Labute approximate surface area is 311 Å². The molecule has 2 N–H and O–H groups in total. The Morgan fingerprint density at radius 3 is 2.27 bits per heavy atom. The van der Waals surface area contributed by atoms with Crippen molar-refractivity contribution in [2.45, 2.75) is 110 Å². The van der Waals surface area contributed by atoms with Crippen molar-refractivity contribution in [3.8, 4) is 0 Å². The maximum absolute atomic E-state index is 14.6. The number of piperidine rings is 1. The van der Waals surface area contributed by atoms with Gasteiger partial charge < -0.3 is 39.5 Å². The van der Waals surface area contributed by atoms with Gasteiger partial charge in [-0.1, -0.05) is 36.4 Å². The summed E-state index contributed by atoms with van der Waals surface area (Å²) in [5.74, 6) is -0.631. The summed E-state index contributed by atoms with van der Waals surface area (Å²) in [6, 6.07) is 12.3. The van der Waals surface area contributed by atoms with Crippen LogP contribution >= 0.6 is 11.3 Å². The van der Waals surface area contributed by atoms with E-state index in [1.807, 2.05) is 80.4 Å². The SMILES string of the molecule is C[C@@H]1N=C(N2CCN(C(=O)C(CC3CCN(C(=O)OC(C)(C)C)CC3)NC(=O)OC(C)(C)C)C(C(=O)NCc3cccs3)C2)O[C@H]1c1ccccc1. The zero-order chi connectivity index (χ0) is 37.6. The largest absolute Gasteiger partial charge is 0.455 e. The van der Waals surface area contributed by atoms with Crippen LogP contribution in [0.15, 0.2) is 52.8 Å². The second-order valence-corrected chi connectivity index (χ2v) is 16.8. The molecule has 5 rings (SSSR count). The Morgan fingerprint density at radius 2 is 1.63 bits per heavy atom. The molecule has 284 valence electrons. The zero-order valence-electron chi connectivity index (χ0n) is 31.4. The molecule has 14 heteroatoms. The summed E-state index contributed by atoms with van der Waals surface area (Å²) < 4.78 is 17.5.